The molecule has 0 aliphatic carbocycles. The van der Waals surface area contributed by atoms with E-state index in [2.05, 4.69) is 20.7 Å². The summed E-state index contributed by atoms with van der Waals surface area (Å²) in [6.45, 7) is -0.194. The Morgan fingerprint density at radius 3 is 2.71 bits per heavy atom. The Morgan fingerprint density at radius 1 is 1.16 bits per heavy atom. The molecule has 2 amide bonds. The van der Waals surface area contributed by atoms with Gasteiger partial charge in [-0.2, -0.15) is 10.1 Å². The number of rotatable bonds is 7. The van der Waals surface area contributed by atoms with E-state index in [4.69, 9.17) is 14.2 Å². The van der Waals surface area contributed by atoms with Crippen LogP contribution in [0.15, 0.2) is 48.8 Å². The summed E-state index contributed by atoms with van der Waals surface area (Å²) in [6.07, 6.45) is 1.62. The smallest absolute Gasteiger partial charge is 0.262 e. The van der Waals surface area contributed by atoms with Crippen LogP contribution in [0.25, 0.3) is 0 Å². The molecule has 0 radical (unpaired) electrons. The van der Waals surface area contributed by atoms with Crippen LogP contribution in [-0.2, 0) is 9.59 Å². The molecule has 0 fully saturated rings. The second kappa shape index (κ2) is 8.74. The number of hydrogen-bond acceptors (Lipinski definition) is 7. The maximum atomic E-state index is 12.2. The van der Waals surface area contributed by atoms with Gasteiger partial charge in [0.25, 0.3) is 5.91 Å². The van der Waals surface area contributed by atoms with E-state index in [1.54, 1.807) is 48.2 Å². The number of fused-ring (bicyclic) bond motifs is 1. The Balaban J connectivity index is 1.44. The van der Waals surface area contributed by atoms with Gasteiger partial charge in [0.15, 0.2) is 18.1 Å². The lowest BCUT2D eigenvalue weighted by atomic mass is 10.0. The first-order chi connectivity index (χ1) is 15.1. The first-order valence-electron chi connectivity index (χ1n) is 9.51. The van der Waals surface area contributed by atoms with Gasteiger partial charge in [-0.25, -0.2) is 4.68 Å². The molecule has 160 valence electrons. The van der Waals surface area contributed by atoms with Gasteiger partial charge in [-0.05, 0) is 42.0 Å². The molecular formula is C21H21N5O5. The second-order valence-electron chi connectivity index (χ2n) is 6.77. The first kappa shape index (κ1) is 20.2. The van der Waals surface area contributed by atoms with Crippen molar-refractivity contribution < 1.29 is 23.8 Å². The van der Waals surface area contributed by atoms with E-state index in [1.807, 2.05) is 6.07 Å². The number of amides is 2. The van der Waals surface area contributed by atoms with Crippen molar-refractivity contribution >= 4 is 23.5 Å². The largest absolute Gasteiger partial charge is 0.497 e. The fourth-order valence-electron chi connectivity index (χ4n) is 3.29. The topological polar surface area (TPSA) is 117 Å². The lowest BCUT2D eigenvalue weighted by molar-refractivity contribution is -0.118. The summed E-state index contributed by atoms with van der Waals surface area (Å²) in [4.78, 5) is 28.3. The van der Waals surface area contributed by atoms with Gasteiger partial charge >= 0.3 is 0 Å². The number of anilines is 2. The molecular weight excluding hydrogens is 402 g/mol. The Morgan fingerprint density at radius 2 is 1.97 bits per heavy atom. The summed E-state index contributed by atoms with van der Waals surface area (Å²) in [6, 6.07) is 12.0. The maximum absolute atomic E-state index is 12.2. The molecule has 4 rings (SSSR count). The molecule has 31 heavy (non-hydrogen) atoms. The molecule has 0 bridgehead atoms. The lowest BCUT2D eigenvalue weighted by Crippen LogP contribution is -2.29. The predicted molar refractivity (Wildman–Crippen MR) is 112 cm³/mol. The van der Waals surface area contributed by atoms with Gasteiger partial charge in [-0.1, -0.05) is 6.07 Å². The zero-order valence-corrected chi connectivity index (χ0v) is 17.0. The van der Waals surface area contributed by atoms with Crippen LogP contribution in [0.5, 0.6) is 17.2 Å². The molecule has 10 heteroatoms. The van der Waals surface area contributed by atoms with Crippen molar-refractivity contribution in [3.8, 4) is 17.2 Å². The number of nitrogens with one attached hydrogen (secondary N) is 2. The average molecular weight is 423 g/mol. The van der Waals surface area contributed by atoms with Gasteiger partial charge in [-0.15, -0.1) is 0 Å². The number of nitrogens with zero attached hydrogens (tertiary/aromatic N) is 3. The quantitative estimate of drug-likeness (QED) is 0.599. The molecule has 1 aromatic heterocycles. The van der Waals surface area contributed by atoms with E-state index in [0.29, 0.717) is 28.9 Å². The fourth-order valence-corrected chi connectivity index (χ4v) is 3.29. The Labute approximate surface area is 178 Å². The number of benzene rings is 2. The minimum atomic E-state index is -0.312. The second-order valence-corrected chi connectivity index (χ2v) is 6.77. The van der Waals surface area contributed by atoms with Crippen LogP contribution in [-0.4, -0.2) is 47.4 Å². The molecule has 0 saturated carbocycles. The minimum Gasteiger partial charge on any atom is -0.497 e. The average Bonchev–Trinajstić information content (AvgIpc) is 3.26. The highest BCUT2D eigenvalue weighted by molar-refractivity contribution is 5.92. The maximum Gasteiger partial charge on any atom is 0.262 e. The Hall–Kier alpha value is -4.08. The number of ether oxygens (including phenoxy) is 3. The van der Waals surface area contributed by atoms with Crippen molar-refractivity contribution in [1.82, 2.24) is 14.8 Å². The van der Waals surface area contributed by atoms with Gasteiger partial charge in [0.1, 0.15) is 12.1 Å². The van der Waals surface area contributed by atoms with Crippen molar-refractivity contribution in [2.24, 2.45) is 0 Å². The van der Waals surface area contributed by atoms with E-state index >= 15 is 0 Å². The molecule has 1 aliphatic heterocycles. The normalized spacial score (nSPS) is 14.9. The standard InChI is InChI=1S/C21H21N5O5/c1-29-15-6-4-14(5-7-15)24-20(28)11-31-17-8-3-13(9-18(17)30-2)16-10-19(27)25-21-22-12-23-26(16)21/h3-9,12,16H,10-11H2,1-2H3,(H,24,28)(H,22,23,25,27). The van der Waals surface area contributed by atoms with Crippen molar-refractivity contribution in [3.05, 3.63) is 54.4 Å². The molecule has 1 unspecified atom stereocenters. The van der Waals surface area contributed by atoms with Crippen molar-refractivity contribution in [2.75, 3.05) is 31.5 Å². The summed E-state index contributed by atoms with van der Waals surface area (Å²) in [5.74, 6) is 1.51. The zero-order valence-electron chi connectivity index (χ0n) is 17.0. The zero-order chi connectivity index (χ0) is 21.8. The Bertz CT molecular complexity index is 1100. The summed E-state index contributed by atoms with van der Waals surface area (Å²) < 4.78 is 17.8. The third kappa shape index (κ3) is 4.42. The number of carbonyl (C=O) groups is 2. The molecule has 0 spiro atoms. The number of aromatic nitrogens is 3. The molecule has 1 atom stereocenters. The minimum absolute atomic E-state index is 0.139. The molecule has 1 aliphatic rings. The third-order valence-corrected chi connectivity index (χ3v) is 4.80. The van der Waals surface area contributed by atoms with Crippen LogP contribution >= 0.6 is 0 Å². The van der Waals surface area contributed by atoms with Gasteiger partial charge < -0.3 is 19.5 Å². The lowest BCUT2D eigenvalue weighted by Gasteiger charge is -2.24. The van der Waals surface area contributed by atoms with Crippen LogP contribution < -0.4 is 24.8 Å². The third-order valence-electron chi connectivity index (χ3n) is 4.80. The highest BCUT2D eigenvalue weighted by Gasteiger charge is 2.28. The van der Waals surface area contributed by atoms with Crippen LogP contribution in [0, 0.1) is 0 Å². The van der Waals surface area contributed by atoms with E-state index < -0.39 is 0 Å². The molecule has 2 aromatic carbocycles. The molecule has 2 heterocycles. The number of hydrogen-bond donors (Lipinski definition) is 2. The van der Waals surface area contributed by atoms with Crippen molar-refractivity contribution in [3.63, 3.8) is 0 Å². The summed E-state index contributed by atoms with van der Waals surface area (Å²) in [5.41, 5.74) is 1.45. The predicted octanol–water partition coefficient (Wildman–Crippen LogP) is 2.24. The van der Waals surface area contributed by atoms with E-state index in [0.717, 1.165) is 5.56 Å². The molecule has 2 N–H and O–H groups in total. The molecule has 0 saturated heterocycles. The number of methoxy groups -OCH3 is 2. The van der Waals surface area contributed by atoms with Gasteiger partial charge in [0.2, 0.25) is 11.9 Å². The summed E-state index contributed by atoms with van der Waals surface area (Å²) in [5, 5.41) is 9.63. The monoisotopic (exact) mass is 423 g/mol. The van der Waals surface area contributed by atoms with E-state index in [-0.39, 0.29) is 30.9 Å². The van der Waals surface area contributed by atoms with E-state index in [1.165, 1.54) is 13.4 Å². The van der Waals surface area contributed by atoms with Crippen molar-refractivity contribution in [2.45, 2.75) is 12.5 Å². The molecule has 10 nitrogen and oxygen atoms in total. The van der Waals surface area contributed by atoms with Gasteiger partial charge in [-0.3, -0.25) is 14.9 Å². The highest BCUT2D eigenvalue weighted by Crippen LogP contribution is 2.34. The first-order valence-corrected chi connectivity index (χ1v) is 9.51. The van der Waals surface area contributed by atoms with Crippen LogP contribution in [0.4, 0.5) is 11.6 Å². The summed E-state index contributed by atoms with van der Waals surface area (Å²) >= 11 is 0. The van der Waals surface area contributed by atoms with Crippen molar-refractivity contribution in [1.29, 1.82) is 0 Å². The highest BCUT2D eigenvalue weighted by atomic mass is 16.5. The van der Waals surface area contributed by atoms with Crippen LogP contribution in [0.3, 0.4) is 0 Å². The summed E-state index contributed by atoms with van der Waals surface area (Å²) in [7, 11) is 3.09. The van der Waals surface area contributed by atoms with Gasteiger partial charge in [0.05, 0.1) is 26.7 Å². The SMILES string of the molecule is COc1ccc(NC(=O)COc2ccc(C3CC(=O)Nc4ncnn43)cc2OC)cc1. The Kier molecular flexibility index (Phi) is 5.69. The van der Waals surface area contributed by atoms with Crippen LogP contribution in [0.2, 0.25) is 0 Å². The fraction of sp³-hybridized carbons (Fsp3) is 0.238. The molecule has 3 aromatic rings. The van der Waals surface area contributed by atoms with Gasteiger partial charge in [0, 0.05) is 5.69 Å². The number of carbonyl (C=O) groups excluding carboxylic acids is 2. The van der Waals surface area contributed by atoms with E-state index in [9.17, 15) is 9.59 Å². The van der Waals surface area contributed by atoms with Crippen LogP contribution in [0.1, 0.15) is 18.0 Å².